The van der Waals surface area contributed by atoms with Crippen molar-refractivity contribution in [1.82, 2.24) is 4.31 Å². The molecule has 0 aromatic rings. The Bertz CT molecular complexity index is 405. The van der Waals surface area contributed by atoms with E-state index >= 15 is 0 Å². The average Bonchev–Trinajstić information content (AvgIpc) is 2.26. The fraction of sp³-hybridized carbons (Fsp3) is 0.800. The van der Waals surface area contributed by atoms with Gasteiger partial charge < -0.3 is 9.84 Å². The summed E-state index contributed by atoms with van der Waals surface area (Å²) in [4.78, 5) is 21.9. The second-order valence-corrected chi connectivity index (χ2v) is 6.07. The van der Waals surface area contributed by atoms with E-state index in [4.69, 9.17) is 5.11 Å². The highest BCUT2D eigenvalue weighted by atomic mass is 32.2. The van der Waals surface area contributed by atoms with Crippen LogP contribution in [0.15, 0.2) is 0 Å². The van der Waals surface area contributed by atoms with E-state index in [-0.39, 0.29) is 13.0 Å². The number of hydrogen-bond acceptors (Lipinski definition) is 5. The third-order valence-electron chi connectivity index (χ3n) is 2.58. The first-order valence-electron chi connectivity index (χ1n) is 5.48. The number of carboxylic acid groups (broad SMARTS) is 1. The van der Waals surface area contributed by atoms with E-state index in [1.807, 2.05) is 0 Å². The van der Waals surface area contributed by atoms with Gasteiger partial charge in [-0.25, -0.2) is 8.42 Å². The van der Waals surface area contributed by atoms with Gasteiger partial charge in [0.1, 0.15) is 0 Å². The summed E-state index contributed by atoms with van der Waals surface area (Å²) in [6, 6.07) is -0.718. The fourth-order valence-corrected chi connectivity index (χ4v) is 3.27. The van der Waals surface area contributed by atoms with Gasteiger partial charge in [-0.15, -0.1) is 0 Å². The van der Waals surface area contributed by atoms with Crippen molar-refractivity contribution in [3.63, 3.8) is 0 Å². The molecule has 0 radical (unpaired) electrons. The van der Waals surface area contributed by atoms with Crippen LogP contribution in [-0.2, 0) is 24.3 Å². The third-order valence-corrected chi connectivity index (χ3v) is 4.94. The van der Waals surface area contributed by atoms with Crippen LogP contribution in [0.5, 0.6) is 0 Å². The maximum atomic E-state index is 12.1. The molecule has 0 aromatic carbocycles. The summed E-state index contributed by atoms with van der Waals surface area (Å²) in [5, 5.41) is 7.33. The van der Waals surface area contributed by atoms with Gasteiger partial charge in [0.2, 0.25) is 10.0 Å². The van der Waals surface area contributed by atoms with Crippen LogP contribution in [0.25, 0.3) is 0 Å². The van der Waals surface area contributed by atoms with Crippen molar-refractivity contribution >= 4 is 22.0 Å². The number of hydrogen-bond donors (Lipinski definition) is 1. The highest BCUT2D eigenvalue weighted by Gasteiger charge is 2.36. The Morgan fingerprint density at radius 2 is 1.83 bits per heavy atom. The second kappa shape index (κ2) is 6.69. The van der Waals surface area contributed by atoms with E-state index in [1.165, 1.54) is 13.8 Å². The van der Waals surface area contributed by atoms with Crippen LogP contribution in [0.3, 0.4) is 0 Å². The topological polar surface area (TPSA) is 101 Å². The first kappa shape index (κ1) is 16.9. The van der Waals surface area contributed by atoms with Crippen molar-refractivity contribution in [3.8, 4) is 0 Å². The predicted molar refractivity (Wildman–Crippen MR) is 64.5 cm³/mol. The Hall–Kier alpha value is -1.15. The van der Waals surface area contributed by atoms with Crippen LogP contribution < -0.4 is 0 Å². The van der Waals surface area contributed by atoms with Crippen molar-refractivity contribution in [2.24, 2.45) is 0 Å². The lowest BCUT2D eigenvalue weighted by atomic mass is 10.2. The number of carboxylic acids is 1. The number of methoxy groups -OCH3 is 1. The van der Waals surface area contributed by atoms with Crippen LogP contribution in [0, 0.1) is 0 Å². The summed E-state index contributed by atoms with van der Waals surface area (Å²) in [6.45, 7) is 4.38. The Kier molecular flexibility index (Phi) is 6.27. The summed E-state index contributed by atoms with van der Waals surface area (Å²) in [7, 11) is -2.81. The standard InChI is InChI=1S/C10H19NO6S/c1-5-11(7(2)6-9(12)13)18(15,16)8(3)10(14)17-4/h7-8H,5-6H2,1-4H3,(H,12,13). The van der Waals surface area contributed by atoms with Gasteiger partial charge in [0.25, 0.3) is 0 Å². The molecule has 0 aliphatic rings. The Morgan fingerprint density at radius 3 is 2.17 bits per heavy atom. The first-order valence-corrected chi connectivity index (χ1v) is 6.99. The van der Waals surface area contributed by atoms with Gasteiger partial charge in [-0.2, -0.15) is 4.31 Å². The molecular weight excluding hydrogens is 262 g/mol. The highest BCUT2D eigenvalue weighted by molar-refractivity contribution is 7.90. The maximum absolute atomic E-state index is 12.1. The molecule has 7 nitrogen and oxygen atoms in total. The molecule has 0 saturated carbocycles. The minimum absolute atomic E-state index is 0.0954. The zero-order chi connectivity index (χ0) is 14.5. The molecule has 0 rings (SSSR count). The largest absolute Gasteiger partial charge is 0.481 e. The molecule has 0 heterocycles. The SMILES string of the molecule is CCN(C(C)CC(=O)O)S(=O)(=O)C(C)C(=O)OC. The number of nitrogens with zero attached hydrogens (tertiary/aromatic N) is 1. The summed E-state index contributed by atoms with van der Waals surface area (Å²) >= 11 is 0. The lowest BCUT2D eigenvalue weighted by Gasteiger charge is -2.28. The molecule has 18 heavy (non-hydrogen) atoms. The summed E-state index contributed by atoms with van der Waals surface area (Å²) in [5.41, 5.74) is 0. The molecule has 2 unspecified atom stereocenters. The minimum Gasteiger partial charge on any atom is -0.481 e. The lowest BCUT2D eigenvalue weighted by Crippen LogP contribution is -2.46. The van der Waals surface area contributed by atoms with Crippen molar-refractivity contribution in [2.45, 2.75) is 38.5 Å². The first-order chi connectivity index (χ1) is 8.18. The van der Waals surface area contributed by atoms with Crippen molar-refractivity contribution < 1.29 is 27.9 Å². The predicted octanol–water partition coefficient (Wildman–Crippen LogP) is 0.0628. The van der Waals surface area contributed by atoms with E-state index in [2.05, 4.69) is 4.74 Å². The van der Waals surface area contributed by atoms with Crippen LogP contribution in [0.2, 0.25) is 0 Å². The molecule has 1 N–H and O–H groups in total. The molecule has 0 fully saturated rings. The van der Waals surface area contributed by atoms with E-state index < -0.39 is 33.3 Å². The molecule has 8 heteroatoms. The van der Waals surface area contributed by atoms with E-state index in [0.29, 0.717) is 0 Å². The normalized spacial score (nSPS) is 15.2. The quantitative estimate of drug-likeness (QED) is 0.662. The number of ether oxygens (including phenoxy) is 1. The van der Waals surface area contributed by atoms with Crippen LogP contribution in [0.1, 0.15) is 27.2 Å². The molecule has 106 valence electrons. The average molecular weight is 281 g/mol. The van der Waals surface area contributed by atoms with Gasteiger partial charge in [0, 0.05) is 12.6 Å². The molecule has 0 spiro atoms. The van der Waals surface area contributed by atoms with Gasteiger partial charge in [0.15, 0.2) is 5.25 Å². The highest BCUT2D eigenvalue weighted by Crippen LogP contribution is 2.16. The molecule has 2 atom stereocenters. The third kappa shape index (κ3) is 3.95. The second-order valence-electron chi connectivity index (χ2n) is 3.86. The van der Waals surface area contributed by atoms with Gasteiger partial charge >= 0.3 is 11.9 Å². The van der Waals surface area contributed by atoms with E-state index in [1.54, 1.807) is 6.92 Å². The molecular formula is C10H19NO6S. The Morgan fingerprint density at radius 1 is 1.33 bits per heavy atom. The van der Waals surface area contributed by atoms with Gasteiger partial charge in [-0.1, -0.05) is 6.92 Å². The zero-order valence-electron chi connectivity index (χ0n) is 10.9. The summed E-state index contributed by atoms with van der Waals surface area (Å²) < 4.78 is 29.6. The van der Waals surface area contributed by atoms with E-state index in [0.717, 1.165) is 11.4 Å². The number of carbonyl (C=O) groups excluding carboxylic acids is 1. The van der Waals surface area contributed by atoms with Crippen molar-refractivity contribution in [1.29, 1.82) is 0 Å². The van der Waals surface area contributed by atoms with Crippen LogP contribution >= 0.6 is 0 Å². The number of carbonyl (C=O) groups is 2. The molecule has 0 saturated heterocycles. The van der Waals surface area contributed by atoms with Gasteiger partial charge in [-0.05, 0) is 13.8 Å². The fourth-order valence-electron chi connectivity index (χ4n) is 1.59. The van der Waals surface area contributed by atoms with Crippen LogP contribution in [0.4, 0.5) is 0 Å². The number of aliphatic carboxylic acids is 1. The smallest absolute Gasteiger partial charge is 0.325 e. The Balaban J connectivity index is 5.15. The maximum Gasteiger partial charge on any atom is 0.325 e. The molecule has 0 aliphatic carbocycles. The number of esters is 1. The van der Waals surface area contributed by atoms with E-state index in [9.17, 15) is 18.0 Å². The lowest BCUT2D eigenvalue weighted by molar-refractivity contribution is -0.140. The van der Waals surface area contributed by atoms with Crippen LogP contribution in [-0.4, -0.2) is 54.7 Å². The zero-order valence-corrected chi connectivity index (χ0v) is 11.7. The number of sulfonamides is 1. The summed E-state index contributed by atoms with van der Waals surface area (Å²) in [6.07, 6.45) is -0.318. The minimum atomic E-state index is -3.91. The van der Waals surface area contributed by atoms with Crippen molar-refractivity contribution in [3.05, 3.63) is 0 Å². The van der Waals surface area contributed by atoms with Crippen molar-refractivity contribution in [2.75, 3.05) is 13.7 Å². The molecule has 0 bridgehead atoms. The molecule has 0 aromatic heterocycles. The number of rotatable bonds is 7. The monoisotopic (exact) mass is 281 g/mol. The Labute approximate surface area is 107 Å². The molecule has 0 amide bonds. The summed E-state index contributed by atoms with van der Waals surface area (Å²) in [5.74, 6) is -1.96. The van der Waals surface area contributed by atoms with Gasteiger partial charge in [0.05, 0.1) is 13.5 Å². The molecule has 0 aliphatic heterocycles. The van der Waals surface area contributed by atoms with Gasteiger partial charge in [-0.3, -0.25) is 9.59 Å².